The van der Waals surface area contributed by atoms with Crippen LogP contribution in [0.4, 0.5) is 0 Å². The molecule has 0 aromatic rings. The third-order valence-corrected chi connectivity index (χ3v) is 10.6. The zero-order valence-corrected chi connectivity index (χ0v) is 37.8. The average molecular weight is 789 g/mol. The van der Waals surface area contributed by atoms with Crippen LogP contribution in [0.1, 0.15) is 226 Å². The van der Waals surface area contributed by atoms with Crippen LogP contribution in [-0.2, 0) is 23.9 Å². The first-order valence-corrected chi connectivity index (χ1v) is 23.9. The summed E-state index contributed by atoms with van der Waals surface area (Å²) in [4.78, 5) is 41.8. The number of likely N-dealkylation sites (N-methyl/N-ethyl adjacent to an activating group) is 1. The standard InChI is InChI=1S/C49H92N2O5/c1-6-9-12-15-18-19-20-21-22-23-24-25-26-30-35-40-48(53)55-44-43-51(47(52)45-50(4)5)42-37-32-27-31-36-41-49(54)56-46(38-33-28-16-13-10-7-2)39-34-29-17-14-11-8-3/h18-19,21-22,46H,6-17,20,23-45H2,1-5H3/b19-18-,22-21-. The van der Waals surface area contributed by atoms with E-state index in [4.69, 9.17) is 9.47 Å². The van der Waals surface area contributed by atoms with Gasteiger partial charge in [-0.3, -0.25) is 14.4 Å². The van der Waals surface area contributed by atoms with Crippen LogP contribution in [0.5, 0.6) is 0 Å². The van der Waals surface area contributed by atoms with Crippen LogP contribution in [0.15, 0.2) is 24.3 Å². The van der Waals surface area contributed by atoms with Crippen LogP contribution >= 0.6 is 0 Å². The van der Waals surface area contributed by atoms with Crippen LogP contribution in [-0.4, -0.2) is 74.1 Å². The fourth-order valence-corrected chi connectivity index (χ4v) is 7.07. The summed E-state index contributed by atoms with van der Waals surface area (Å²) in [5.41, 5.74) is 0. The van der Waals surface area contributed by atoms with Gasteiger partial charge in [0, 0.05) is 19.4 Å². The van der Waals surface area contributed by atoms with Crippen molar-refractivity contribution in [3.05, 3.63) is 24.3 Å². The second-order valence-electron chi connectivity index (χ2n) is 16.6. The van der Waals surface area contributed by atoms with Gasteiger partial charge in [-0.25, -0.2) is 0 Å². The molecule has 328 valence electrons. The molecule has 0 unspecified atom stereocenters. The summed E-state index contributed by atoms with van der Waals surface area (Å²) in [6.07, 6.45) is 44.9. The molecule has 0 N–H and O–H groups in total. The van der Waals surface area contributed by atoms with Crippen molar-refractivity contribution in [3.8, 4) is 0 Å². The van der Waals surface area contributed by atoms with E-state index in [9.17, 15) is 14.4 Å². The van der Waals surface area contributed by atoms with Crippen molar-refractivity contribution in [3.63, 3.8) is 0 Å². The van der Waals surface area contributed by atoms with Crippen molar-refractivity contribution in [1.29, 1.82) is 0 Å². The Balaban J connectivity index is 4.25. The van der Waals surface area contributed by atoms with E-state index in [1.54, 1.807) is 0 Å². The summed E-state index contributed by atoms with van der Waals surface area (Å²) < 4.78 is 11.6. The molecule has 0 aromatic heterocycles. The number of ether oxygens (including phenoxy) is 2. The normalized spacial score (nSPS) is 11.8. The lowest BCUT2D eigenvalue weighted by molar-refractivity contribution is -0.150. The summed E-state index contributed by atoms with van der Waals surface area (Å²) in [5, 5.41) is 0. The number of amides is 1. The van der Waals surface area contributed by atoms with E-state index in [0.29, 0.717) is 32.5 Å². The minimum Gasteiger partial charge on any atom is -0.464 e. The maximum atomic E-state index is 12.9. The Bertz CT molecular complexity index is 933. The monoisotopic (exact) mass is 789 g/mol. The topological polar surface area (TPSA) is 76.1 Å². The van der Waals surface area contributed by atoms with Gasteiger partial charge in [0.05, 0.1) is 13.1 Å². The summed E-state index contributed by atoms with van der Waals surface area (Å²) in [6, 6.07) is 0. The molecule has 0 spiro atoms. The highest BCUT2D eigenvalue weighted by Gasteiger charge is 2.16. The van der Waals surface area contributed by atoms with Gasteiger partial charge in [-0.2, -0.15) is 0 Å². The number of esters is 2. The van der Waals surface area contributed by atoms with Crippen LogP contribution in [0, 0.1) is 0 Å². The maximum Gasteiger partial charge on any atom is 0.306 e. The van der Waals surface area contributed by atoms with E-state index in [0.717, 1.165) is 89.9 Å². The molecular weight excluding hydrogens is 697 g/mol. The van der Waals surface area contributed by atoms with Gasteiger partial charge in [0.15, 0.2) is 0 Å². The SMILES string of the molecule is CCCCC/C=C\C/C=C\CCCCCCCC(=O)OCCN(CCCCCCCC(=O)OC(CCCCCCCC)CCCCCCCC)C(=O)CN(C)C. The van der Waals surface area contributed by atoms with Gasteiger partial charge >= 0.3 is 11.9 Å². The Kier molecular flexibility index (Phi) is 40.8. The first kappa shape index (κ1) is 53.9. The Morgan fingerprint density at radius 1 is 0.500 bits per heavy atom. The van der Waals surface area contributed by atoms with Crippen LogP contribution in [0.3, 0.4) is 0 Å². The predicted octanol–water partition coefficient (Wildman–Crippen LogP) is 13.5. The van der Waals surface area contributed by atoms with Gasteiger partial charge < -0.3 is 19.3 Å². The third kappa shape index (κ3) is 38.7. The quantitative estimate of drug-likeness (QED) is 0.0348. The number of hydrogen-bond donors (Lipinski definition) is 0. The van der Waals surface area contributed by atoms with E-state index in [-0.39, 0.29) is 30.6 Å². The van der Waals surface area contributed by atoms with E-state index >= 15 is 0 Å². The zero-order valence-electron chi connectivity index (χ0n) is 37.8. The van der Waals surface area contributed by atoms with Crippen LogP contribution < -0.4 is 0 Å². The summed E-state index contributed by atoms with van der Waals surface area (Å²) in [6.45, 7) is 8.44. The van der Waals surface area contributed by atoms with E-state index < -0.39 is 0 Å². The van der Waals surface area contributed by atoms with Crippen molar-refractivity contribution >= 4 is 17.8 Å². The van der Waals surface area contributed by atoms with Crippen LogP contribution in [0.2, 0.25) is 0 Å². The Morgan fingerprint density at radius 3 is 1.50 bits per heavy atom. The molecule has 0 aliphatic rings. The molecule has 0 atom stereocenters. The fraction of sp³-hybridized carbons (Fsp3) is 0.857. The number of allylic oxidation sites excluding steroid dienone is 4. The van der Waals surface area contributed by atoms with Gasteiger partial charge in [-0.05, 0) is 91.1 Å². The molecule has 7 heteroatoms. The molecule has 56 heavy (non-hydrogen) atoms. The van der Waals surface area contributed by atoms with Gasteiger partial charge in [0.1, 0.15) is 12.7 Å². The lowest BCUT2D eigenvalue weighted by Crippen LogP contribution is -2.40. The highest BCUT2D eigenvalue weighted by atomic mass is 16.5. The molecule has 0 bridgehead atoms. The van der Waals surface area contributed by atoms with E-state index in [1.165, 1.54) is 103 Å². The second-order valence-corrected chi connectivity index (χ2v) is 16.6. The second kappa shape index (κ2) is 42.5. The fourth-order valence-electron chi connectivity index (χ4n) is 7.07. The summed E-state index contributed by atoms with van der Waals surface area (Å²) >= 11 is 0. The van der Waals surface area contributed by atoms with Crippen molar-refractivity contribution in [2.45, 2.75) is 232 Å². The van der Waals surface area contributed by atoms with Gasteiger partial charge in [-0.1, -0.05) is 161 Å². The predicted molar refractivity (Wildman–Crippen MR) is 239 cm³/mol. The number of carbonyl (C=O) groups excluding carboxylic acids is 3. The number of rotatable bonds is 42. The minimum absolute atomic E-state index is 0.0302. The average Bonchev–Trinajstić information content (AvgIpc) is 3.17. The smallest absolute Gasteiger partial charge is 0.306 e. The summed E-state index contributed by atoms with van der Waals surface area (Å²) in [7, 11) is 3.80. The molecule has 0 heterocycles. The molecular formula is C49H92N2O5. The molecule has 0 radical (unpaired) electrons. The lowest BCUT2D eigenvalue weighted by atomic mass is 10.0. The van der Waals surface area contributed by atoms with Crippen molar-refractivity contribution in [2.24, 2.45) is 0 Å². The molecule has 0 aromatic carbocycles. The first-order valence-electron chi connectivity index (χ1n) is 23.9. The highest BCUT2D eigenvalue weighted by molar-refractivity contribution is 5.78. The van der Waals surface area contributed by atoms with Crippen molar-refractivity contribution in [2.75, 3.05) is 40.3 Å². The van der Waals surface area contributed by atoms with Gasteiger partial charge in [0.2, 0.25) is 5.91 Å². The van der Waals surface area contributed by atoms with Crippen LogP contribution in [0.25, 0.3) is 0 Å². The maximum absolute atomic E-state index is 12.9. The van der Waals surface area contributed by atoms with Crippen molar-refractivity contribution < 1.29 is 23.9 Å². The lowest BCUT2D eigenvalue weighted by Gasteiger charge is -2.24. The third-order valence-electron chi connectivity index (χ3n) is 10.6. The number of carbonyl (C=O) groups is 3. The highest BCUT2D eigenvalue weighted by Crippen LogP contribution is 2.18. The largest absolute Gasteiger partial charge is 0.464 e. The molecule has 0 fully saturated rings. The Morgan fingerprint density at radius 2 is 0.946 bits per heavy atom. The Labute approximate surface area is 347 Å². The van der Waals surface area contributed by atoms with Crippen molar-refractivity contribution in [1.82, 2.24) is 9.80 Å². The molecule has 0 rings (SSSR count). The van der Waals surface area contributed by atoms with E-state index in [2.05, 4.69) is 45.1 Å². The van der Waals surface area contributed by atoms with Gasteiger partial charge in [0.25, 0.3) is 0 Å². The first-order chi connectivity index (χ1) is 27.3. The molecule has 0 aliphatic heterocycles. The molecule has 0 saturated carbocycles. The summed E-state index contributed by atoms with van der Waals surface area (Å²) in [5.74, 6) is -0.123. The molecule has 1 amide bonds. The number of unbranched alkanes of at least 4 members (excludes halogenated alkanes) is 22. The molecule has 7 nitrogen and oxygen atoms in total. The number of nitrogens with zero attached hydrogens (tertiary/aromatic N) is 2. The molecule has 0 saturated heterocycles. The molecule has 0 aliphatic carbocycles. The minimum atomic E-state index is -0.162. The number of hydrogen-bond acceptors (Lipinski definition) is 6. The van der Waals surface area contributed by atoms with Gasteiger partial charge in [-0.15, -0.1) is 0 Å². The zero-order chi connectivity index (χ0) is 41.2. The Hall–Kier alpha value is -2.15. The van der Waals surface area contributed by atoms with E-state index in [1.807, 2.05) is 23.9 Å².